The Morgan fingerprint density at radius 3 is 2.48 bits per heavy atom. The van der Waals surface area contributed by atoms with Crippen molar-refractivity contribution in [2.75, 3.05) is 21.2 Å². The van der Waals surface area contributed by atoms with E-state index in [0.717, 1.165) is 11.7 Å². The molecule has 3 unspecified atom stereocenters. The first kappa shape index (κ1) is 16.3. The Morgan fingerprint density at radius 2 is 2.00 bits per heavy atom. The van der Waals surface area contributed by atoms with Crippen LogP contribution in [-0.2, 0) is 0 Å². The van der Waals surface area contributed by atoms with Gasteiger partial charge in [0, 0.05) is 5.54 Å². The van der Waals surface area contributed by atoms with Gasteiger partial charge >= 0.3 is 0 Å². The summed E-state index contributed by atoms with van der Waals surface area (Å²) in [6.07, 6.45) is 4.91. The molecule has 0 aliphatic heterocycles. The van der Waals surface area contributed by atoms with Crippen molar-refractivity contribution in [2.45, 2.75) is 44.2 Å². The Bertz CT molecular complexity index is 446. The van der Waals surface area contributed by atoms with Crippen LogP contribution in [0.2, 0.25) is 0 Å². The maximum absolute atomic E-state index is 5.97. The van der Waals surface area contributed by atoms with Crippen molar-refractivity contribution in [2.24, 2.45) is 11.8 Å². The number of hydrogen-bond acceptors (Lipinski definition) is 4. The zero-order valence-corrected chi connectivity index (χ0v) is 13.7. The molecule has 1 aliphatic rings. The summed E-state index contributed by atoms with van der Waals surface area (Å²) >= 11 is 0. The second kappa shape index (κ2) is 6.77. The van der Waals surface area contributed by atoms with Crippen LogP contribution in [0, 0.1) is 5.92 Å². The fourth-order valence-electron chi connectivity index (χ4n) is 3.85. The number of nitrogens with two attached hydrogens (primary N) is 1. The third kappa shape index (κ3) is 3.23. The lowest BCUT2D eigenvalue weighted by atomic mass is 9.70. The van der Waals surface area contributed by atoms with Crippen molar-refractivity contribution in [3.8, 4) is 5.75 Å². The number of benzene rings is 1. The Morgan fingerprint density at radius 1 is 1.33 bits per heavy atom. The minimum atomic E-state index is 0.0704. The van der Waals surface area contributed by atoms with Crippen LogP contribution in [0.15, 0.2) is 24.3 Å². The summed E-state index contributed by atoms with van der Waals surface area (Å²) in [7, 11) is 6.04. The van der Waals surface area contributed by atoms with Gasteiger partial charge in [0.2, 0.25) is 0 Å². The minimum Gasteiger partial charge on any atom is -0.497 e. The summed E-state index contributed by atoms with van der Waals surface area (Å²) in [4.78, 5) is 2.36. The maximum atomic E-state index is 5.97. The predicted octanol–water partition coefficient (Wildman–Crippen LogP) is 2.71. The zero-order chi connectivity index (χ0) is 15.5. The molecular formula is C17H29N3O. The van der Waals surface area contributed by atoms with E-state index in [0.29, 0.717) is 0 Å². The number of hydrazine groups is 1. The van der Waals surface area contributed by atoms with Crippen LogP contribution >= 0.6 is 0 Å². The van der Waals surface area contributed by atoms with Crippen LogP contribution in [0.3, 0.4) is 0 Å². The molecule has 0 bridgehead atoms. The van der Waals surface area contributed by atoms with Gasteiger partial charge in [0.15, 0.2) is 0 Å². The monoisotopic (exact) mass is 291 g/mol. The highest BCUT2D eigenvalue weighted by atomic mass is 16.5. The van der Waals surface area contributed by atoms with E-state index in [4.69, 9.17) is 10.6 Å². The quantitative estimate of drug-likeness (QED) is 0.647. The smallest absolute Gasteiger partial charge is 0.118 e. The molecule has 1 fully saturated rings. The molecule has 4 nitrogen and oxygen atoms in total. The number of nitrogens with one attached hydrogen (secondary N) is 1. The maximum Gasteiger partial charge on any atom is 0.118 e. The molecule has 4 heteroatoms. The lowest BCUT2D eigenvalue weighted by Crippen LogP contribution is -2.57. The molecule has 0 spiro atoms. The van der Waals surface area contributed by atoms with Gasteiger partial charge in [-0.15, -0.1) is 0 Å². The van der Waals surface area contributed by atoms with Crippen LogP contribution in [0.5, 0.6) is 5.75 Å². The molecule has 0 aromatic heterocycles. The van der Waals surface area contributed by atoms with Crippen LogP contribution in [0.25, 0.3) is 0 Å². The molecule has 3 N–H and O–H groups in total. The van der Waals surface area contributed by atoms with E-state index >= 15 is 0 Å². The first-order chi connectivity index (χ1) is 10.0. The lowest BCUT2D eigenvalue weighted by molar-refractivity contribution is 0.0366. The average molecular weight is 291 g/mol. The zero-order valence-electron chi connectivity index (χ0n) is 13.7. The van der Waals surface area contributed by atoms with Crippen molar-refractivity contribution in [1.82, 2.24) is 10.3 Å². The van der Waals surface area contributed by atoms with Gasteiger partial charge in [-0.05, 0) is 50.6 Å². The van der Waals surface area contributed by atoms with Crippen molar-refractivity contribution >= 4 is 0 Å². The standard InChI is InChI=1S/C17H29N3O/c1-13-6-5-11-17(12-13,20(2)3)16(19-18)14-7-9-15(21-4)10-8-14/h7-10,13,16,19H,5-6,11-12,18H2,1-4H3. The Hall–Kier alpha value is -1.10. The molecule has 2 rings (SSSR count). The molecule has 0 saturated heterocycles. The van der Waals surface area contributed by atoms with Gasteiger partial charge in [0.1, 0.15) is 5.75 Å². The third-order valence-electron chi connectivity index (χ3n) is 5.05. The van der Waals surface area contributed by atoms with Crippen molar-refractivity contribution in [3.05, 3.63) is 29.8 Å². The van der Waals surface area contributed by atoms with Gasteiger partial charge in [-0.2, -0.15) is 0 Å². The Balaban J connectivity index is 2.34. The van der Waals surface area contributed by atoms with Gasteiger partial charge in [-0.25, -0.2) is 0 Å². The van der Waals surface area contributed by atoms with E-state index < -0.39 is 0 Å². The molecule has 1 aliphatic carbocycles. The summed E-state index contributed by atoms with van der Waals surface area (Å²) in [5.74, 6) is 7.58. The molecule has 0 heterocycles. The number of likely N-dealkylation sites (N-methyl/N-ethyl adjacent to an activating group) is 1. The third-order valence-corrected chi connectivity index (χ3v) is 5.05. The summed E-state index contributed by atoms with van der Waals surface area (Å²) in [5, 5.41) is 0. The van der Waals surface area contributed by atoms with Crippen LogP contribution < -0.4 is 16.0 Å². The SMILES string of the molecule is COc1ccc(C(NN)C2(N(C)C)CCCC(C)C2)cc1. The van der Waals surface area contributed by atoms with Gasteiger partial charge < -0.3 is 9.64 Å². The number of methoxy groups -OCH3 is 1. The van der Waals surface area contributed by atoms with Gasteiger partial charge in [-0.1, -0.05) is 31.9 Å². The van der Waals surface area contributed by atoms with Crippen molar-refractivity contribution in [1.29, 1.82) is 0 Å². The first-order valence-electron chi connectivity index (χ1n) is 7.81. The highest BCUT2D eigenvalue weighted by Gasteiger charge is 2.44. The van der Waals surface area contributed by atoms with Crippen LogP contribution in [-0.4, -0.2) is 31.6 Å². The Labute approximate surface area is 128 Å². The van der Waals surface area contributed by atoms with E-state index in [2.05, 4.69) is 43.5 Å². The van der Waals surface area contributed by atoms with E-state index in [9.17, 15) is 0 Å². The summed E-state index contributed by atoms with van der Waals surface area (Å²) in [6, 6.07) is 8.38. The predicted molar refractivity (Wildman–Crippen MR) is 87.1 cm³/mol. The van der Waals surface area contributed by atoms with E-state index in [1.165, 1.54) is 31.2 Å². The molecule has 21 heavy (non-hydrogen) atoms. The average Bonchev–Trinajstić information content (AvgIpc) is 2.48. The fourth-order valence-corrected chi connectivity index (χ4v) is 3.85. The molecular weight excluding hydrogens is 262 g/mol. The molecule has 1 aromatic rings. The lowest BCUT2D eigenvalue weighted by Gasteiger charge is -2.50. The van der Waals surface area contributed by atoms with Gasteiger partial charge in [0.25, 0.3) is 0 Å². The topological polar surface area (TPSA) is 50.5 Å². The molecule has 0 amide bonds. The Kier molecular flexibility index (Phi) is 5.25. The van der Waals surface area contributed by atoms with Crippen LogP contribution in [0.4, 0.5) is 0 Å². The first-order valence-corrected chi connectivity index (χ1v) is 7.81. The number of nitrogens with zero attached hydrogens (tertiary/aromatic N) is 1. The summed E-state index contributed by atoms with van der Waals surface area (Å²) < 4.78 is 5.26. The second-order valence-electron chi connectivity index (χ2n) is 6.57. The van der Waals surface area contributed by atoms with Crippen LogP contribution in [0.1, 0.15) is 44.2 Å². The highest BCUT2D eigenvalue weighted by Crippen LogP contribution is 2.43. The minimum absolute atomic E-state index is 0.0704. The normalized spacial score (nSPS) is 27.6. The van der Waals surface area contributed by atoms with Crippen molar-refractivity contribution < 1.29 is 4.74 Å². The molecule has 3 atom stereocenters. The largest absolute Gasteiger partial charge is 0.497 e. The van der Waals surface area contributed by atoms with Crippen molar-refractivity contribution in [3.63, 3.8) is 0 Å². The number of ether oxygens (including phenoxy) is 1. The van der Waals surface area contributed by atoms with Gasteiger partial charge in [0.05, 0.1) is 13.2 Å². The molecule has 0 radical (unpaired) electrons. The van der Waals surface area contributed by atoms with E-state index in [1.807, 2.05) is 12.1 Å². The second-order valence-corrected chi connectivity index (χ2v) is 6.57. The highest BCUT2D eigenvalue weighted by molar-refractivity contribution is 5.31. The molecule has 1 aromatic carbocycles. The van der Waals surface area contributed by atoms with Gasteiger partial charge in [-0.3, -0.25) is 11.3 Å². The number of hydrogen-bond donors (Lipinski definition) is 2. The fraction of sp³-hybridized carbons (Fsp3) is 0.647. The van der Waals surface area contributed by atoms with E-state index in [-0.39, 0.29) is 11.6 Å². The van der Waals surface area contributed by atoms with E-state index in [1.54, 1.807) is 7.11 Å². The summed E-state index contributed by atoms with van der Waals surface area (Å²) in [5.41, 5.74) is 4.38. The molecule has 1 saturated carbocycles. The summed E-state index contributed by atoms with van der Waals surface area (Å²) in [6.45, 7) is 2.35. The number of rotatable bonds is 5. The molecule has 118 valence electrons.